The lowest BCUT2D eigenvalue weighted by molar-refractivity contribution is 0.374. The first kappa shape index (κ1) is 12.0. The molecule has 0 aromatic carbocycles. The standard InChI is InChI=1S/C12H26N2/c1-5-6-12(13-10(2)3)7-8-14-9-11(14)4/h10-13H,5-9H2,1-4H3. The Labute approximate surface area is 89.1 Å². The lowest BCUT2D eigenvalue weighted by Gasteiger charge is -2.21. The minimum absolute atomic E-state index is 0.623. The molecule has 0 bridgehead atoms. The van der Waals surface area contributed by atoms with Crippen LogP contribution in [0.25, 0.3) is 0 Å². The van der Waals surface area contributed by atoms with Gasteiger partial charge in [0.2, 0.25) is 0 Å². The molecule has 3 atom stereocenters. The quantitative estimate of drug-likeness (QED) is 0.631. The fourth-order valence-electron chi connectivity index (χ4n) is 2.06. The molecule has 84 valence electrons. The smallest absolute Gasteiger partial charge is 0.0195 e. The van der Waals surface area contributed by atoms with Crippen molar-refractivity contribution >= 4 is 0 Å². The Morgan fingerprint density at radius 1 is 1.36 bits per heavy atom. The van der Waals surface area contributed by atoms with Crippen molar-refractivity contribution in [2.45, 2.75) is 65.1 Å². The Kier molecular flexibility index (Phi) is 4.90. The topological polar surface area (TPSA) is 15.0 Å². The van der Waals surface area contributed by atoms with Gasteiger partial charge in [0.15, 0.2) is 0 Å². The Hall–Kier alpha value is -0.0800. The predicted octanol–water partition coefficient (Wildman–Crippen LogP) is 2.25. The van der Waals surface area contributed by atoms with Crippen molar-refractivity contribution in [2.75, 3.05) is 13.1 Å². The Bertz CT molecular complexity index is 156. The van der Waals surface area contributed by atoms with Crippen LogP contribution in [0.1, 0.15) is 47.0 Å². The molecule has 0 spiro atoms. The molecule has 1 heterocycles. The van der Waals surface area contributed by atoms with Gasteiger partial charge in [-0.1, -0.05) is 27.2 Å². The third-order valence-corrected chi connectivity index (χ3v) is 2.96. The van der Waals surface area contributed by atoms with E-state index in [4.69, 9.17) is 0 Å². The molecule has 14 heavy (non-hydrogen) atoms. The summed E-state index contributed by atoms with van der Waals surface area (Å²) >= 11 is 0. The van der Waals surface area contributed by atoms with Gasteiger partial charge in [-0.15, -0.1) is 0 Å². The summed E-state index contributed by atoms with van der Waals surface area (Å²) in [4.78, 5) is 2.55. The van der Waals surface area contributed by atoms with Gasteiger partial charge in [0, 0.05) is 31.2 Å². The maximum atomic E-state index is 3.65. The number of hydrogen-bond acceptors (Lipinski definition) is 2. The molecule has 3 unspecified atom stereocenters. The molecule has 1 aliphatic rings. The Morgan fingerprint density at radius 2 is 2.00 bits per heavy atom. The molecule has 0 amide bonds. The van der Waals surface area contributed by atoms with Crippen LogP contribution in [0.5, 0.6) is 0 Å². The van der Waals surface area contributed by atoms with Crippen LogP contribution in [0.4, 0.5) is 0 Å². The van der Waals surface area contributed by atoms with Crippen LogP contribution in [-0.4, -0.2) is 36.1 Å². The first-order valence-electron chi connectivity index (χ1n) is 6.13. The molecule has 1 aliphatic heterocycles. The summed E-state index contributed by atoms with van der Waals surface area (Å²) in [7, 11) is 0. The lowest BCUT2D eigenvalue weighted by atomic mass is 10.1. The summed E-state index contributed by atoms with van der Waals surface area (Å²) in [5, 5.41) is 3.65. The van der Waals surface area contributed by atoms with Crippen molar-refractivity contribution in [3.8, 4) is 0 Å². The molecular weight excluding hydrogens is 172 g/mol. The van der Waals surface area contributed by atoms with Crippen molar-refractivity contribution in [1.29, 1.82) is 0 Å². The molecule has 0 aromatic heterocycles. The van der Waals surface area contributed by atoms with E-state index < -0.39 is 0 Å². The third kappa shape index (κ3) is 4.43. The maximum absolute atomic E-state index is 3.65. The average molecular weight is 198 g/mol. The van der Waals surface area contributed by atoms with Gasteiger partial charge in [-0.25, -0.2) is 0 Å². The summed E-state index contributed by atoms with van der Waals surface area (Å²) < 4.78 is 0. The number of nitrogens with zero attached hydrogens (tertiary/aromatic N) is 1. The molecule has 0 aromatic rings. The fraction of sp³-hybridized carbons (Fsp3) is 1.00. The zero-order chi connectivity index (χ0) is 10.6. The second kappa shape index (κ2) is 5.72. The van der Waals surface area contributed by atoms with Gasteiger partial charge < -0.3 is 5.32 Å². The molecule has 0 radical (unpaired) electrons. The first-order valence-corrected chi connectivity index (χ1v) is 6.13. The van der Waals surface area contributed by atoms with Crippen LogP contribution >= 0.6 is 0 Å². The summed E-state index contributed by atoms with van der Waals surface area (Å²) in [5.74, 6) is 0. The zero-order valence-electron chi connectivity index (χ0n) is 10.2. The van der Waals surface area contributed by atoms with Gasteiger partial charge in [-0.3, -0.25) is 4.90 Å². The van der Waals surface area contributed by atoms with Crippen LogP contribution in [0.3, 0.4) is 0 Å². The van der Waals surface area contributed by atoms with E-state index in [0.717, 1.165) is 12.1 Å². The van der Waals surface area contributed by atoms with E-state index in [0.29, 0.717) is 6.04 Å². The number of hydrogen-bond donors (Lipinski definition) is 1. The van der Waals surface area contributed by atoms with E-state index >= 15 is 0 Å². The Balaban J connectivity index is 2.13. The van der Waals surface area contributed by atoms with E-state index in [9.17, 15) is 0 Å². The van der Waals surface area contributed by atoms with Crippen LogP contribution in [0, 0.1) is 0 Å². The van der Waals surface area contributed by atoms with Crippen molar-refractivity contribution in [3.63, 3.8) is 0 Å². The van der Waals surface area contributed by atoms with Crippen molar-refractivity contribution in [2.24, 2.45) is 0 Å². The molecule has 2 nitrogen and oxygen atoms in total. The SMILES string of the molecule is CCCC(CCN1CC1C)NC(C)C. The van der Waals surface area contributed by atoms with Crippen LogP contribution in [0.2, 0.25) is 0 Å². The van der Waals surface area contributed by atoms with E-state index in [1.54, 1.807) is 0 Å². The molecule has 0 saturated carbocycles. The summed E-state index contributed by atoms with van der Waals surface area (Å²) in [6.07, 6.45) is 3.93. The van der Waals surface area contributed by atoms with Crippen LogP contribution in [-0.2, 0) is 0 Å². The average Bonchev–Trinajstić information content (AvgIpc) is 2.77. The van der Waals surface area contributed by atoms with E-state index in [1.807, 2.05) is 0 Å². The lowest BCUT2D eigenvalue weighted by Crippen LogP contribution is -2.36. The van der Waals surface area contributed by atoms with E-state index in [-0.39, 0.29) is 0 Å². The largest absolute Gasteiger partial charge is 0.312 e. The second-order valence-electron chi connectivity index (χ2n) is 4.94. The summed E-state index contributed by atoms with van der Waals surface area (Å²) in [5.41, 5.74) is 0. The molecule has 2 heteroatoms. The minimum atomic E-state index is 0.623. The predicted molar refractivity (Wildman–Crippen MR) is 62.6 cm³/mol. The highest BCUT2D eigenvalue weighted by atomic mass is 15.3. The van der Waals surface area contributed by atoms with Crippen molar-refractivity contribution in [1.82, 2.24) is 10.2 Å². The van der Waals surface area contributed by atoms with Gasteiger partial charge in [-0.05, 0) is 19.8 Å². The van der Waals surface area contributed by atoms with Crippen LogP contribution < -0.4 is 5.32 Å². The molecule has 1 rings (SSSR count). The van der Waals surface area contributed by atoms with Crippen molar-refractivity contribution < 1.29 is 0 Å². The molecule has 0 aliphatic carbocycles. The Morgan fingerprint density at radius 3 is 2.43 bits per heavy atom. The highest BCUT2D eigenvalue weighted by molar-refractivity contribution is 4.85. The highest BCUT2D eigenvalue weighted by Crippen LogP contribution is 2.17. The zero-order valence-corrected chi connectivity index (χ0v) is 10.2. The van der Waals surface area contributed by atoms with Gasteiger partial charge in [0.05, 0.1) is 0 Å². The van der Waals surface area contributed by atoms with Crippen molar-refractivity contribution in [3.05, 3.63) is 0 Å². The van der Waals surface area contributed by atoms with Gasteiger partial charge in [0.1, 0.15) is 0 Å². The van der Waals surface area contributed by atoms with Gasteiger partial charge in [-0.2, -0.15) is 0 Å². The minimum Gasteiger partial charge on any atom is -0.312 e. The maximum Gasteiger partial charge on any atom is 0.0195 e. The first-order chi connectivity index (χ1) is 6.63. The highest BCUT2D eigenvalue weighted by Gasteiger charge is 2.28. The number of nitrogens with one attached hydrogen (secondary N) is 1. The van der Waals surface area contributed by atoms with Gasteiger partial charge >= 0.3 is 0 Å². The number of rotatable bonds is 7. The van der Waals surface area contributed by atoms with E-state index in [1.165, 1.54) is 32.4 Å². The summed E-state index contributed by atoms with van der Waals surface area (Å²) in [6, 6.07) is 2.21. The second-order valence-corrected chi connectivity index (χ2v) is 4.94. The van der Waals surface area contributed by atoms with E-state index in [2.05, 4.69) is 37.9 Å². The molecular formula is C12H26N2. The molecule has 1 fully saturated rings. The monoisotopic (exact) mass is 198 g/mol. The molecule has 1 saturated heterocycles. The van der Waals surface area contributed by atoms with Crippen LogP contribution in [0.15, 0.2) is 0 Å². The van der Waals surface area contributed by atoms with Gasteiger partial charge in [0.25, 0.3) is 0 Å². The summed E-state index contributed by atoms with van der Waals surface area (Å²) in [6.45, 7) is 11.7. The third-order valence-electron chi connectivity index (χ3n) is 2.96. The fourth-order valence-corrected chi connectivity index (χ4v) is 2.06. The molecule has 1 N–H and O–H groups in total. The normalized spacial score (nSPS) is 28.1.